The van der Waals surface area contributed by atoms with Crippen LogP contribution in [-0.2, 0) is 4.79 Å². The van der Waals surface area contributed by atoms with Gasteiger partial charge in [-0.1, -0.05) is 6.08 Å². The summed E-state index contributed by atoms with van der Waals surface area (Å²) in [7, 11) is 0. The average Bonchev–Trinajstić information content (AvgIpc) is 2.34. The van der Waals surface area contributed by atoms with E-state index < -0.39 is 5.97 Å². The van der Waals surface area contributed by atoms with E-state index in [4.69, 9.17) is 5.11 Å². The van der Waals surface area contributed by atoms with Crippen LogP contribution in [0.25, 0.3) is 0 Å². The fourth-order valence-electron chi connectivity index (χ4n) is 1.33. The first-order chi connectivity index (χ1) is 8.15. The molecule has 5 nitrogen and oxygen atoms in total. The van der Waals surface area contributed by atoms with Crippen LogP contribution in [0.15, 0.2) is 37.2 Å². The summed E-state index contributed by atoms with van der Waals surface area (Å²) in [5, 5.41) is 8.61. The molecule has 0 spiro atoms. The van der Waals surface area contributed by atoms with E-state index in [1.807, 2.05) is 0 Å². The highest BCUT2D eigenvalue weighted by molar-refractivity contribution is 5.94. The summed E-state index contributed by atoms with van der Waals surface area (Å²) in [6, 6.07) is 3.31. The number of nitrogens with zero attached hydrogens (tertiary/aromatic N) is 2. The van der Waals surface area contributed by atoms with E-state index in [1.54, 1.807) is 24.4 Å². The van der Waals surface area contributed by atoms with Gasteiger partial charge >= 0.3 is 5.97 Å². The van der Waals surface area contributed by atoms with Gasteiger partial charge in [0.05, 0.1) is 12.0 Å². The molecule has 1 aromatic heterocycles. The zero-order valence-corrected chi connectivity index (χ0v) is 9.37. The molecule has 17 heavy (non-hydrogen) atoms. The predicted octanol–water partition coefficient (Wildman–Crippen LogP) is 1.18. The maximum Gasteiger partial charge on any atom is 0.305 e. The lowest BCUT2D eigenvalue weighted by molar-refractivity contribution is -0.137. The number of aliphatic carboxylic acids is 1. The number of rotatable bonds is 6. The Balaban J connectivity index is 2.73. The van der Waals surface area contributed by atoms with Crippen molar-refractivity contribution in [3.63, 3.8) is 0 Å². The second-order valence-corrected chi connectivity index (χ2v) is 3.43. The molecule has 0 aliphatic heterocycles. The van der Waals surface area contributed by atoms with Crippen LogP contribution in [-0.4, -0.2) is 40.0 Å². The Morgan fingerprint density at radius 3 is 2.82 bits per heavy atom. The molecule has 0 bridgehead atoms. The van der Waals surface area contributed by atoms with Gasteiger partial charge in [-0.05, 0) is 12.1 Å². The Labute approximate surface area is 99.4 Å². The largest absolute Gasteiger partial charge is 0.481 e. The second-order valence-electron chi connectivity index (χ2n) is 3.43. The van der Waals surface area contributed by atoms with Crippen LogP contribution in [0, 0.1) is 0 Å². The fraction of sp³-hybridized carbons (Fsp3) is 0.250. The van der Waals surface area contributed by atoms with Crippen molar-refractivity contribution in [3.8, 4) is 0 Å². The van der Waals surface area contributed by atoms with Crippen LogP contribution in [0.3, 0.4) is 0 Å². The molecule has 1 aromatic rings. The van der Waals surface area contributed by atoms with Crippen LogP contribution < -0.4 is 0 Å². The number of aromatic nitrogens is 1. The molecular formula is C12H14N2O3. The SMILES string of the molecule is C=CCN(CCC(=O)O)C(=O)c1cccnc1. The van der Waals surface area contributed by atoms with Gasteiger partial charge in [-0.2, -0.15) is 0 Å². The minimum atomic E-state index is -0.932. The molecule has 0 fully saturated rings. The van der Waals surface area contributed by atoms with Crippen LogP contribution in [0.2, 0.25) is 0 Å². The first-order valence-corrected chi connectivity index (χ1v) is 5.17. The highest BCUT2D eigenvalue weighted by Gasteiger charge is 2.15. The second kappa shape index (κ2) is 6.42. The van der Waals surface area contributed by atoms with Gasteiger partial charge in [-0.3, -0.25) is 14.6 Å². The number of carbonyl (C=O) groups is 2. The van der Waals surface area contributed by atoms with Gasteiger partial charge in [0.15, 0.2) is 0 Å². The quantitative estimate of drug-likeness (QED) is 0.750. The van der Waals surface area contributed by atoms with Crippen molar-refractivity contribution in [1.29, 1.82) is 0 Å². The summed E-state index contributed by atoms with van der Waals surface area (Å²) >= 11 is 0. The number of carbonyl (C=O) groups excluding carboxylic acids is 1. The summed E-state index contributed by atoms with van der Waals surface area (Å²) in [6.07, 6.45) is 4.51. The van der Waals surface area contributed by atoms with Crippen LogP contribution >= 0.6 is 0 Å². The predicted molar refractivity (Wildman–Crippen MR) is 62.6 cm³/mol. The average molecular weight is 234 g/mol. The lowest BCUT2D eigenvalue weighted by Gasteiger charge is -2.19. The zero-order valence-electron chi connectivity index (χ0n) is 9.37. The third-order valence-electron chi connectivity index (χ3n) is 2.14. The Bertz CT molecular complexity index is 403. The summed E-state index contributed by atoms with van der Waals surface area (Å²) in [4.78, 5) is 27.8. The molecule has 0 radical (unpaired) electrons. The Morgan fingerprint density at radius 1 is 1.53 bits per heavy atom. The lowest BCUT2D eigenvalue weighted by atomic mass is 10.2. The Hall–Kier alpha value is -2.17. The zero-order chi connectivity index (χ0) is 12.7. The third-order valence-corrected chi connectivity index (χ3v) is 2.14. The molecule has 0 atom stereocenters. The van der Waals surface area contributed by atoms with Gasteiger partial charge in [0.1, 0.15) is 0 Å². The molecule has 0 aromatic carbocycles. The van der Waals surface area contributed by atoms with Crippen molar-refractivity contribution < 1.29 is 14.7 Å². The monoisotopic (exact) mass is 234 g/mol. The molecule has 90 valence electrons. The van der Waals surface area contributed by atoms with Crippen molar-refractivity contribution in [2.24, 2.45) is 0 Å². The van der Waals surface area contributed by atoms with E-state index in [-0.39, 0.29) is 18.9 Å². The molecule has 1 amide bonds. The smallest absolute Gasteiger partial charge is 0.305 e. The summed E-state index contributed by atoms with van der Waals surface area (Å²) in [5.41, 5.74) is 0.444. The van der Waals surface area contributed by atoms with Crippen molar-refractivity contribution >= 4 is 11.9 Å². The minimum absolute atomic E-state index is 0.0835. The van der Waals surface area contributed by atoms with E-state index in [1.165, 1.54) is 11.1 Å². The van der Waals surface area contributed by atoms with Crippen molar-refractivity contribution in [2.75, 3.05) is 13.1 Å². The molecule has 0 aliphatic rings. The van der Waals surface area contributed by atoms with Crippen molar-refractivity contribution in [1.82, 2.24) is 9.88 Å². The Kier molecular flexibility index (Phi) is 4.87. The van der Waals surface area contributed by atoms with Gasteiger partial charge in [0.2, 0.25) is 0 Å². The third kappa shape index (κ3) is 4.06. The van der Waals surface area contributed by atoms with E-state index in [9.17, 15) is 9.59 Å². The van der Waals surface area contributed by atoms with Gasteiger partial charge in [0.25, 0.3) is 5.91 Å². The molecule has 1 heterocycles. The molecule has 1 rings (SSSR count). The van der Waals surface area contributed by atoms with E-state index in [0.29, 0.717) is 12.1 Å². The molecule has 0 unspecified atom stereocenters. The van der Waals surface area contributed by atoms with Crippen LogP contribution in [0.4, 0.5) is 0 Å². The number of amides is 1. The van der Waals surface area contributed by atoms with E-state index in [0.717, 1.165) is 0 Å². The molecule has 0 saturated carbocycles. The normalized spacial score (nSPS) is 9.65. The highest BCUT2D eigenvalue weighted by atomic mass is 16.4. The fourth-order valence-corrected chi connectivity index (χ4v) is 1.33. The Morgan fingerprint density at radius 2 is 2.29 bits per heavy atom. The first-order valence-electron chi connectivity index (χ1n) is 5.17. The van der Waals surface area contributed by atoms with Crippen LogP contribution in [0.1, 0.15) is 16.8 Å². The molecular weight excluding hydrogens is 220 g/mol. The highest BCUT2D eigenvalue weighted by Crippen LogP contribution is 2.04. The van der Waals surface area contributed by atoms with Crippen molar-refractivity contribution in [3.05, 3.63) is 42.7 Å². The standard InChI is InChI=1S/C12H14N2O3/c1-2-7-14(8-5-11(15)16)12(17)10-4-3-6-13-9-10/h2-4,6,9H,1,5,7-8H2,(H,15,16). The number of pyridine rings is 1. The van der Waals surface area contributed by atoms with Crippen molar-refractivity contribution in [2.45, 2.75) is 6.42 Å². The first kappa shape index (κ1) is 12.9. The topological polar surface area (TPSA) is 70.5 Å². The molecule has 1 N–H and O–H groups in total. The van der Waals surface area contributed by atoms with Gasteiger partial charge < -0.3 is 10.0 Å². The van der Waals surface area contributed by atoms with Gasteiger partial charge in [0, 0.05) is 25.5 Å². The summed E-state index contributed by atoms with van der Waals surface area (Å²) < 4.78 is 0. The van der Waals surface area contributed by atoms with Gasteiger partial charge in [-0.25, -0.2) is 0 Å². The molecule has 0 aliphatic carbocycles. The summed E-state index contributed by atoms with van der Waals surface area (Å²) in [5.74, 6) is -1.17. The number of hydrogen-bond acceptors (Lipinski definition) is 3. The van der Waals surface area contributed by atoms with E-state index >= 15 is 0 Å². The summed E-state index contributed by atoms with van der Waals surface area (Å²) in [6.45, 7) is 4.03. The van der Waals surface area contributed by atoms with E-state index in [2.05, 4.69) is 11.6 Å². The van der Waals surface area contributed by atoms with Gasteiger partial charge in [-0.15, -0.1) is 6.58 Å². The maximum absolute atomic E-state index is 12.0. The number of carboxylic acid groups (broad SMARTS) is 1. The number of carboxylic acids is 1. The molecule has 5 heteroatoms. The molecule has 0 saturated heterocycles. The minimum Gasteiger partial charge on any atom is -0.481 e. The lowest BCUT2D eigenvalue weighted by Crippen LogP contribution is -2.33. The van der Waals surface area contributed by atoms with Crippen LogP contribution in [0.5, 0.6) is 0 Å². The number of hydrogen-bond donors (Lipinski definition) is 1. The maximum atomic E-state index is 12.0.